The van der Waals surface area contributed by atoms with Gasteiger partial charge >= 0.3 is 11.9 Å². The molecule has 0 saturated carbocycles. The van der Waals surface area contributed by atoms with Gasteiger partial charge in [0.25, 0.3) is 0 Å². The third-order valence-electron chi connectivity index (χ3n) is 5.84. The first-order valence-corrected chi connectivity index (χ1v) is 13.6. The zero-order chi connectivity index (χ0) is 23.7. The van der Waals surface area contributed by atoms with E-state index in [1.54, 1.807) is 0 Å². The van der Waals surface area contributed by atoms with Gasteiger partial charge in [0.15, 0.2) is 0 Å². The molecule has 190 valence electrons. The number of esters is 2. The second-order valence-electron chi connectivity index (χ2n) is 9.18. The second kappa shape index (κ2) is 24.5. The Morgan fingerprint density at radius 1 is 0.531 bits per heavy atom. The van der Waals surface area contributed by atoms with Crippen molar-refractivity contribution in [2.24, 2.45) is 0 Å². The van der Waals surface area contributed by atoms with E-state index >= 15 is 0 Å². The van der Waals surface area contributed by atoms with Crippen molar-refractivity contribution < 1.29 is 24.2 Å². The Morgan fingerprint density at radius 3 is 1.12 bits per heavy atom. The number of ether oxygens (including phenoxy) is 2. The zero-order valence-corrected chi connectivity index (χ0v) is 21.2. The Labute approximate surface area is 198 Å². The van der Waals surface area contributed by atoms with Gasteiger partial charge in [-0.05, 0) is 12.8 Å². The Kier molecular flexibility index (Phi) is 23.7. The Bertz CT molecular complexity index is 424. The van der Waals surface area contributed by atoms with E-state index in [-0.39, 0.29) is 25.2 Å². The van der Waals surface area contributed by atoms with Gasteiger partial charge < -0.3 is 14.6 Å². The van der Waals surface area contributed by atoms with Crippen molar-refractivity contribution in [3.8, 4) is 0 Å². The van der Waals surface area contributed by atoms with Crippen LogP contribution in [0.5, 0.6) is 0 Å². The molecule has 0 unspecified atom stereocenters. The predicted molar refractivity (Wildman–Crippen MR) is 132 cm³/mol. The summed E-state index contributed by atoms with van der Waals surface area (Å²) >= 11 is 0. The van der Waals surface area contributed by atoms with Crippen LogP contribution >= 0.6 is 0 Å². The summed E-state index contributed by atoms with van der Waals surface area (Å²) in [6.45, 7) is 4.19. The van der Waals surface area contributed by atoms with Crippen molar-refractivity contribution in [1.29, 1.82) is 0 Å². The zero-order valence-electron chi connectivity index (χ0n) is 21.2. The van der Waals surface area contributed by atoms with E-state index in [1.165, 1.54) is 83.5 Å². The highest BCUT2D eigenvalue weighted by atomic mass is 16.6. The van der Waals surface area contributed by atoms with Gasteiger partial charge in [-0.2, -0.15) is 0 Å². The summed E-state index contributed by atoms with van der Waals surface area (Å²) in [4.78, 5) is 23.4. The molecule has 0 aromatic heterocycles. The lowest BCUT2D eigenvalue weighted by molar-refractivity contribution is -0.152. The number of unbranched alkanes of at least 4 members (excludes halogenated alkanes) is 16. The molecule has 5 nitrogen and oxygen atoms in total. The molecule has 0 aliphatic rings. The van der Waals surface area contributed by atoms with E-state index in [2.05, 4.69) is 13.8 Å². The molecule has 0 amide bonds. The van der Waals surface area contributed by atoms with Crippen LogP contribution in [0, 0.1) is 0 Å². The van der Waals surface area contributed by atoms with Gasteiger partial charge in [0.1, 0.15) is 19.3 Å². The van der Waals surface area contributed by atoms with E-state index in [0.29, 0.717) is 12.8 Å². The maximum Gasteiger partial charge on any atom is 0.305 e. The van der Waals surface area contributed by atoms with E-state index in [9.17, 15) is 14.7 Å². The van der Waals surface area contributed by atoms with Crippen LogP contribution in [0.15, 0.2) is 0 Å². The Morgan fingerprint density at radius 2 is 0.812 bits per heavy atom. The van der Waals surface area contributed by atoms with Gasteiger partial charge in [-0.15, -0.1) is 0 Å². The Hall–Kier alpha value is -1.10. The van der Waals surface area contributed by atoms with Crippen molar-refractivity contribution in [2.45, 2.75) is 148 Å². The normalized spacial score (nSPS) is 12.0. The van der Waals surface area contributed by atoms with Gasteiger partial charge in [-0.25, -0.2) is 0 Å². The summed E-state index contributed by atoms with van der Waals surface area (Å²) in [5, 5.41) is 9.82. The molecule has 0 saturated heterocycles. The summed E-state index contributed by atoms with van der Waals surface area (Å²) in [7, 11) is 0. The molecule has 5 heteroatoms. The number of aliphatic hydroxyl groups excluding tert-OH is 1. The molecule has 0 rings (SSSR count). The fraction of sp³-hybridized carbons (Fsp3) is 0.926. The molecule has 0 aromatic carbocycles. The van der Waals surface area contributed by atoms with Crippen LogP contribution in [-0.2, 0) is 19.1 Å². The lowest BCUT2D eigenvalue weighted by Crippen LogP contribution is -2.25. The molecular weight excluding hydrogens is 404 g/mol. The molecule has 0 aromatic rings. The van der Waals surface area contributed by atoms with Crippen molar-refractivity contribution >= 4 is 11.9 Å². The summed E-state index contributed by atoms with van der Waals surface area (Å²) in [6.07, 6.45) is 21.7. The molecule has 0 aliphatic heterocycles. The van der Waals surface area contributed by atoms with Crippen LogP contribution in [0.1, 0.15) is 142 Å². The van der Waals surface area contributed by atoms with E-state index in [4.69, 9.17) is 9.47 Å². The lowest BCUT2D eigenvalue weighted by atomic mass is 10.0. The van der Waals surface area contributed by atoms with Gasteiger partial charge in [0, 0.05) is 12.8 Å². The predicted octanol–water partition coefficient (Wildman–Crippen LogP) is 7.28. The summed E-state index contributed by atoms with van der Waals surface area (Å²) in [6, 6.07) is 0. The second-order valence-corrected chi connectivity index (χ2v) is 9.18. The summed E-state index contributed by atoms with van der Waals surface area (Å²) in [5.41, 5.74) is 0. The quantitative estimate of drug-likeness (QED) is 0.122. The molecular formula is C27H52O5. The SMILES string of the molecule is CCCCCCCCCCCCCCCC(=O)OC[C@@H](O)COC(=O)CCCCCCC. The van der Waals surface area contributed by atoms with Gasteiger partial charge in [-0.1, -0.05) is 117 Å². The number of carbonyl (C=O) groups is 2. The average Bonchev–Trinajstić information content (AvgIpc) is 2.79. The first-order valence-electron chi connectivity index (χ1n) is 13.6. The molecule has 0 fully saturated rings. The fourth-order valence-electron chi connectivity index (χ4n) is 3.73. The minimum atomic E-state index is -0.949. The van der Waals surface area contributed by atoms with Gasteiger partial charge in [-0.3, -0.25) is 9.59 Å². The number of aliphatic hydroxyl groups is 1. The molecule has 0 heterocycles. The van der Waals surface area contributed by atoms with E-state index in [1.807, 2.05) is 0 Å². The minimum Gasteiger partial charge on any atom is -0.463 e. The lowest BCUT2D eigenvalue weighted by Gasteiger charge is -2.12. The highest BCUT2D eigenvalue weighted by Gasteiger charge is 2.12. The first-order chi connectivity index (χ1) is 15.6. The van der Waals surface area contributed by atoms with Crippen LogP contribution in [0.25, 0.3) is 0 Å². The monoisotopic (exact) mass is 456 g/mol. The fourth-order valence-corrected chi connectivity index (χ4v) is 3.73. The smallest absolute Gasteiger partial charge is 0.305 e. The number of hydrogen-bond donors (Lipinski definition) is 1. The molecule has 0 spiro atoms. The highest BCUT2D eigenvalue weighted by molar-refractivity contribution is 5.69. The van der Waals surface area contributed by atoms with Crippen LogP contribution in [0.2, 0.25) is 0 Å². The minimum absolute atomic E-state index is 0.110. The molecule has 1 atom stereocenters. The van der Waals surface area contributed by atoms with Crippen LogP contribution in [0.4, 0.5) is 0 Å². The first kappa shape index (κ1) is 30.9. The van der Waals surface area contributed by atoms with Crippen LogP contribution in [-0.4, -0.2) is 36.4 Å². The van der Waals surface area contributed by atoms with E-state index in [0.717, 1.165) is 32.1 Å². The standard InChI is InChI=1S/C27H52O5/c1-3-5-7-9-10-11-12-13-14-15-16-18-20-22-27(30)32-24-25(28)23-31-26(29)21-19-17-8-6-4-2/h25,28H,3-24H2,1-2H3/t25-/m0/s1. The van der Waals surface area contributed by atoms with Crippen LogP contribution in [0.3, 0.4) is 0 Å². The maximum absolute atomic E-state index is 11.8. The van der Waals surface area contributed by atoms with Crippen molar-refractivity contribution in [1.82, 2.24) is 0 Å². The highest BCUT2D eigenvalue weighted by Crippen LogP contribution is 2.13. The van der Waals surface area contributed by atoms with Crippen LogP contribution < -0.4 is 0 Å². The van der Waals surface area contributed by atoms with Crippen molar-refractivity contribution in [3.05, 3.63) is 0 Å². The van der Waals surface area contributed by atoms with Gasteiger partial charge in [0.05, 0.1) is 0 Å². The third-order valence-corrected chi connectivity index (χ3v) is 5.84. The van der Waals surface area contributed by atoms with E-state index < -0.39 is 6.10 Å². The molecule has 0 aliphatic carbocycles. The largest absolute Gasteiger partial charge is 0.463 e. The number of hydrogen-bond acceptors (Lipinski definition) is 5. The molecule has 0 bridgehead atoms. The maximum atomic E-state index is 11.8. The summed E-state index contributed by atoms with van der Waals surface area (Å²) < 4.78 is 10.1. The molecule has 0 radical (unpaired) electrons. The Balaban J connectivity index is 3.40. The number of rotatable bonds is 24. The average molecular weight is 457 g/mol. The van der Waals surface area contributed by atoms with Crippen molar-refractivity contribution in [2.75, 3.05) is 13.2 Å². The van der Waals surface area contributed by atoms with Gasteiger partial charge in [0.2, 0.25) is 0 Å². The summed E-state index contributed by atoms with van der Waals surface area (Å²) in [5.74, 6) is -0.576. The third kappa shape index (κ3) is 23.6. The topological polar surface area (TPSA) is 72.8 Å². The van der Waals surface area contributed by atoms with Crippen molar-refractivity contribution in [3.63, 3.8) is 0 Å². The molecule has 1 N–H and O–H groups in total. The number of carbonyl (C=O) groups excluding carboxylic acids is 2. The molecule has 32 heavy (non-hydrogen) atoms.